The molecule has 0 aliphatic heterocycles. The van der Waals surface area contributed by atoms with Crippen LogP contribution in [0.3, 0.4) is 0 Å². The number of hydrogen-bond acceptors (Lipinski definition) is 1. The number of rotatable bonds is 1. The fraction of sp³-hybridized carbons (Fsp3) is 0.143. The van der Waals surface area contributed by atoms with Crippen LogP contribution in [0.4, 0.5) is 0 Å². The van der Waals surface area contributed by atoms with E-state index < -0.39 is 0 Å². The van der Waals surface area contributed by atoms with Crippen molar-refractivity contribution >= 4 is 50.1 Å². The van der Waals surface area contributed by atoms with Gasteiger partial charge in [-0.25, -0.2) is 0 Å². The van der Waals surface area contributed by atoms with Crippen LogP contribution >= 0.6 is 50.1 Å². The number of ether oxygens (including phenoxy) is 1. The van der Waals surface area contributed by atoms with Crippen LogP contribution in [0.25, 0.3) is 0 Å². The van der Waals surface area contributed by atoms with Gasteiger partial charge in [0.05, 0.1) is 20.2 Å². The van der Waals surface area contributed by atoms with Crippen molar-refractivity contribution in [3.63, 3.8) is 0 Å². The molecule has 11 heavy (non-hydrogen) atoms. The van der Waals surface area contributed by atoms with Gasteiger partial charge in [-0.3, -0.25) is 0 Å². The number of halogens is 3. The number of hydrogen-bond donors (Lipinski definition) is 0. The Morgan fingerprint density at radius 2 is 2.18 bits per heavy atom. The highest BCUT2D eigenvalue weighted by molar-refractivity contribution is 14.1. The van der Waals surface area contributed by atoms with E-state index in [1.165, 1.54) is 0 Å². The molecule has 0 N–H and O–H groups in total. The largest absolute Gasteiger partial charge is 0.494 e. The molecule has 0 saturated heterocycles. The summed E-state index contributed by atoms with van der Waals surface area (Å²) in [5, 5.41) is 0.669. The molecule has 1 aromatic carbocycles. The quantitative estimate of drug-likeness (QED) is 0.556. The van der Waals surface area contributed by atoms with Crippen molar-refractivity contribution < 1.29 is 4.74 Å². The Morgan fingerprint density at radius 3 is 2.64 bits per heavy atom. The zero-order valence-corrected chi connectivity index (χ0v) is 10.2. The summed E-state index contributed by atoms with van der Waals surface area (Å²) in [6.07, 6.45) is 0. The smallest absolute Gasteiger partial charge is 0.147 e. The number of benzene rings is 1. The monoisotopic (exact) mass is 346 g/mol. The Labute approximate surface area is 92.3 Å². The van der Waals surface area contributed by atoms with Crippen LogP contribution in [-0.4, -0.2) is 7.11 Å². The lowest BCUT2D eigenvalue weighted by Gasteiger charge is -2.06. The summed E-state index contributed by atoms with van der Waals surface area (Å²) in [5.41, 5.74) is 0. The molecule has 1 rings (SSSR count). The molecule has 4 heteroatoms. The fourth-order valence-corrected chi connectivity index (χ4v) is 2.39. The Balaban J connectivity index is 3.29. The fourth-order valence-electron chi connectivity index (χ4n) is 0.696. The maximum absolute atomic E-state index is 5.83. The van der Waals surface area contributed by atoms with Gasteiger partial charge < -0.3 is 4.74 Å². The molecule has 1 nitrogen and oxygen atoms in total. The standard InChI is InChI=1S/C7H5BrClIO/c1-11-7-5(10)3-2-4(9)6(7)8/h2-3H,1H3. The summed E-state index contributed by atoms with van der Waals surface area (Å²) < 4.78 is 6.97. The maximum Gasteiger partial charge on any atom is 0.147 e. The van der Waals surface area contributed by atoms with E-state index in [0.29, 0.717) is 5.02 Å². The zero-order valence-electron chi connectivity index (χ0n) is 5.70. The molecule has 60 valence electrons. The minimum absolute atomic E-state index is 0.669. The van der Waals surface area contributed by atoms with Crippen molar-refractivity contribution in [2.24, 2.45) is 0 Å². The second-order valence-electron chi connectivity index (χ2n) is 1.88. The van der Waals surface area contributed by atoms with E-state index >= 15 is 0 Å². The Bertz CT molecular complexity index is 277. The Kier molecular flexibility index (Phi) is 3.46. The van der Waals surface area contributed by atoms with E-state index in [4.69, 9.17) is 16.3 Å². The lowest BCUT2D eigenvalue weighted by Crippen LogP contribution is -1.88. The van der Waals surface area contributed by atoms with Gasteiger partial charge in [0.1, 0.15) is 5.75 Å². The molecule has 0 aromatic heterocycles. The molecule has 0 amide bonds. The molecule has 0 aliphatic rings. The second-order valence-corrected chi connectivity index (χ2v) is 4.24. The molecule has 0 radical (unpaired) electrons. The normalized spacial score (nSPS) is 9.82. The van der Waals surface area contributed by atoms with Gasteiger partial charge >= 0.3 is 0 Å². The minimum Gasteiger partial charge on any atom is -0.494 e. The predicted molar refractivity (Wildman–Crippen MR) is 58.4 cm³/mol. The van der Waals surface area contributed by atoms with Gasteiger partial charge in [0, 0.05) is 0 Å². The van der Waals surface area contributed by atoms with Crippen LogP contribution in [0.1, 0.15) is 0 Å². The van der Waals surface area contributed by atoms with Crippen LogP contribution in [0.5, 0.6) is 5.75 Å². The summed E-state index contributed by atoms with van der Waals surface area (Å²) in [5.74, 6) is 0.790. The van der Waals surface area contributed by atoms with Gasteiger partial charge in [-0.05, 0) is 50.7 Å². The van der Waals surface area contributed by atoms with Crippen LogP contribution in [0.2, 0.25) is 5.02 Å². The molecule has 0 spiro atoms. The van der Waals surface area contributed by atoms with Gasteiger partial charge in [0.25, 0.3) is 0 Å². The summed E-state index contributed by atoms with van der Waals surface area (Å²) in [4.78, 5) is 0. The van der Waals surface area contributed by atoms with Gasteiger partial charge in [-0.15, -0.1) is 0 Å². The van der Waals surface area contributed by atoms with E-state index in [1.54, 1.807) is 7.11 Å². The van der Waals surface area contributed by atoms with E-state index in [1.807, 2.05) is 12.1 Å². The SMILES string of the molecule is COc1c(I)ccc(Cl)c1Br. The van der Waals surface area contributed by atoms with Crippen molar-refractivity contribution in [3.8, 4) is 5.75 Å². The maximum atomic E-state index is 5.83. The van der Waals surface area contributed by atoms with E-state index in [9.17, 15) is 0 Å². The number of methoxy groups -OCH3 is 1. The first-order valence-corrected chi connectivity index (χ1v) is 5.09. The van der Waals surface area contributed by atoms with Crippen molar-refractivity contribution in [3.05, 3.63) is 25.2 Å². The van der Waals surface area contributed by atoms with Gasteiger partial charge in [-0.1, -0.05) is 11.6 Å². The average molecular weight is 347 g/mol. The van der Waals surface area contributed by atoms with Crippen molar-refractivity contribution in [1.82, 2.24) is 0 Å². The van der Waals surface area contributed by atoms with E-state index in [2.05, 4.69) is 38.5 Å². The molecular weight excluding hydrogens is 342 g/mol. The van der Waals surface area contributed by atoms with Crippen molar-refractivity contribution in [2.75, 3.05) is 7.11 Å². The molecule has 0 saturated carbocycles. The van der Waals surface area contributed by atoms with E-state index in [-0.39, 0.29) is 0 Å². The molecule has 0 atom stereocenters. The first-order chi connectivity index (χ1) is 5.16. The Morgan fingerprint density at radius 1 is 1.55 bits per heavy atom. The zero-order chi connectivity index (χ0) is 8.43. The third kappa shape index (κ3) is 2.00. The topological polar surface area (TPSA) is 9.23 Å². The molecule has 0 aliphatic carbocycles. The van der Waals surface area contributed by atoms with Gasteiger partial charge in [0.2, 0.25) is 0 Å². The third-order valence-corrected chi connectivity index (χ3v) is 3.39. The molecule has 0 unspecified atom stereocenters. The van der Waals surface area contributed by atoms with Gasteiger partial charge in [-0.2, -0.15) is 0 Å². The van der Waals surface area contributed by atoms with Crippen LogP contribution in [0.15, 0.2) is 16.6 Å². The minimum atomic E-state index is 0.669. The second kappa shape index (κ2) is 3.96. The lowest BCUT2D eigenvalue weighted by atomic mass is 10.3. The summed E-state index contributed by atoms with van der Waals surface area (Å²) in [6.45, 7) is 0. The summed E-state index contributed by atoms with van der Waals surface area (Å²) in [6, 6.07) is 3.74. The van der Waals surface area contributed by atoms with E-state index in [0.717, 1.165) is 13.8 Å². The summed E-state index contributed by atoms with van der Waals surface area (Å²) >= 11 is 11.4. The molecule has 0 fully saturated rings. The molecule has 1 aromatic rings. The Hall–Kier alpha value is 0.520. The van der Waals surface area contributed by atoms with Gasteiger partial charge in [0.15, 0.2) is 0 Å². The molecular formula is C7H5BrClIO. The third-order valence-electron chi connectivity index (χ3n) is 1.21. The first kappa shape index (κ1) is 9.61. The van der Waals surface area contributed by atoms with Crippen molar-refractivity contribution in [1.29, 1.82) is 0 Å². The van der Waals surface area contributed by atoms with Crippen LogP contribution in [-0.2, 0) is 0 Å². The lowest BCUT2D eigenvalue weighted by molar-refractivity contribution is 0.409. The first-order valence-electron chi connectivity index (χ1n) is 2.84. The highest BCUT2D eigenvalue weighted by atomic mass is 127. The van der Waals surface area contributed by atoms with Crippen LogP contribution in [0, 0.1) is 3.57 Å². The van der Waals surface area contributed by atoms with Crippen molar-refractivity contribution in [2.45, 2.75) is 0 Å². The highest BCUT2D eigenvalue weighted by Crippen LogP contribution is 2.35. The molecule has 0 bridgehead atoms. The highest BCUT2D eigenvalue weighted by Gasteiger charge is 2.07. The van der Waals surface area contributed by atoms with Crippen LogP contribution < -0.4 is 4.74 Å². The predicted octanol–water partition coefficient (Wildman–Crippen LogP) is 3.72. The summed E-state index contributed by atoms with van der Waals surface area (Å²) in [7, 11) is 1.62. The average Bonchev–Trinajstić information content (AvgIpc) is 1.99. The molecule has 0 heterocycles.